The Labute approximate surface area is 194 Å². The van der Waals surface area contributed by atoms with Gasteiger partial charge in [-0.05, 0) is 64.0 Å². The van der Waals surface area contributed by atoms with Gasteiger partial charge in [-0.15, -0.1) is 0 Å². The van der Waals surface area contributed by atoms with Gasteiger partial charge in [-0.3, -0.25) is 9.89 Å². The summed E-state index contributed by atoms with van der Waals surface area (Å²) in [7, 11) is 0. The highest BCUT2D eigenvalue weighted by Crippen LogP contribution is 2.21. The summed E-state index contributed by atoms with van der Waals surface area (Å²) in [4.78, 5) is 10.1. The largest absolute Gasteiger partial charge is 0.376 e. The second kappa shape index (κ2) is 12.6. The summed E-state index contributed by atoms with van der Waals surface area (Å²) in [6.07, 6.45) is 8.96. The SMILES string of the molecule is CCNC(=NCC1CCCN1Cc1ccccc1)N1CCC(OCC2CCCCO2)CC1. The molecule has 2 atom stereocenters. The molecule has 0 amide bonds. The number of aliphatic imine (C=N–C) groups is 1. The molecule has 0 spiro atoms. The first-order valence-electron chi connectivity index (χ1n) is 12.9. The summed E-state index contributed by atoms with van der Waals surface area (Å²) in [5, 5.41) is 3.54. The van der Waals surface area contributed by atoms with Crippen LogP contribution in [0.1, 0.15) is 57.4 Å². The lowest BCUT2D eigenvalue weighted by Crippen LogP contribution is -2.47. The van der Waals surface area contributed by atoms with Gasteiger partial charge in [0.25, 0.3) is 0 Å². The van der Waals surface area contributed by atoms with Crippen molar-refractivity contribution in [1.82, 2.24) is 15.1 Å². The van der Waals surface area contributed by atoms with Crippen molar-refractivity contribution in [2.45, 2.75) is 76.7 Å². The van der Waals surface area contributed by atoms with Crippen LogP contribution in [0.2, 0.25) is 0 Å². The van der Waals surface area contributed by atoms with Crippen LogP contribution in [-0.2, 0) is 16.0 Å². The average molecular weight is 443 g/mol. The minimum absolute atomic E-state index is 0.311. The van der Waals surface area contributed by atoms with E-state index in [9.17, 15) is 0 Å². The van der Waals surface area contributed by atoms with Crippen LogP contribution < -0.4 is 5.32 Å². The van der Waals surface area contributed by atoms with Crippen molar-refractivity contribution in [3.8, 4) is 0 Å². The van der Waals surface area contributed by atoms with Crippen molar-refractivity contribution >= 4 is 5.96 Å². The van der Waals surface area contributed by atoms with Crippen LogP contribution in [0, 0.1) is 0 Å². The van der Waals surface area contributed by atoms with Gasteiger partial charge in [0.1, 0.15) is 0 Å². The van der Waals surface area contributed by atoms with E-state index in [-0.39, 0.29) is 0 Å². The van der Waals surface area contributed by atoms with E-state index < -0.39 is 0 Å². The molecule has 6 heteroatoms. The van der Waals surface area contributed by atoms with Crippen LogP contribution in [0.25, 0.3) is 0 Å². The second-order valence-electron chi connectivity index (χ2n) is 9.46. The molecule has 0 saturated carbocycles. The van der Waals surface area contributed by atoms with Gasteiger partial charge >= 0.3 is 0 Å². The van der Waals surface area contributed by atoms with E-state index in [1.807, 2.05) is 0 Å². The number of piperidine rings is 1. The number of rotatable bonds is 8. The predicted molar refractivity (Wildman–Crippen MR) is 130 cm³/mol. The fourth-order valence-electron chi connectivity index (χ4n) is 5.16. The minimum atomic E-state index is 0.311. The maximum absolute atomic E-state index is 6.20. The van der Waals surface area contributed by atoms with Gasteiger partial charge < -0.3 is 19.7 Å². The molecule has 3 aliphatic heterocycles. The maximum Gasteiger partial charge on any atom is 0.193 e. The summed E-state index contributed by atoms with van der Waals surface area (Å²) in [6, 6.07) is 11.4. The number of ether oxygens (including phenoxy) is 2. The highest BCUT2D eigenvalue weighted by molar-refractivity contribution is 5.80. The van der Waals surface area contributed by atoms with Gasteiger partial charge in [-0.25, -0.2) is 0 Å². The van der Waals surface area contributed by atoms with Gasteiger partial charge in [-0.2, -0.15) is 0 Å². The molecule has 2 unspecified atom stereocenters. The Balaban J connectivity index is 1.24. The number of hydrogen-bond acceptors (Lipinski definition) is 4. The lowest BCUT2D eigenvalue weighted by atomic mass is 10.1. The quantitative estimate of drug-likeness (QED) is 0.492. The summed E-state index contributed by atoms with van der Waals surface area (Å²) < 4.78 is 12.0. The molecule has 3 heterocycles. The van der Waals surface area contributed by atoms with Crippen LogP contribution >= 0.6 is 0 Å². The van der Waals surface area contributed by atoms with E-state index in [1.54, 1.807) is 0 Å². The van der Waals surface area contributed by atoms with Crippen LogP contribution in [0.5, 0.6) is 0 Å². The Hall–Kier alpha value is -1.63. The van der Waals surface area contributed by atoms with Crippen molar-refractivity contribution in [2.75, 3.05) is 45.9 Å². The standard InChI is InChI=1S/C26H42N4O2/c1-2-27-26(28-19-23-11-8-15-30(23)20-22-9-4-3-5-10-22)29-16-13-24(14-17-29)32-21-25-12-6-7-18-31-25/h3-5,9-10,23-25H,2,6-8,11-21H2,1H3,(H,27,28). The number of nitrogens with one attached hydrogen (secondary N) is 1. The molecular formula is C26H42N4O2. The van der Waals surface area contributed by atoms with Crippen molar-refractivity contribution in [2.24, 2.45) is 4.99 Å². The highest BCUT2D eigenvalue weighted by Gasteiger charge is 2.26. The Morgan fingerprint density at radius 2 is 1.91 bits per heavy atom. The molecule has 1 aromatic rings. The zero-order valence-corrected chi connectivity index (χ0v) is 19.9. The Bertz CT molecular complexity index is 684. The number of hydrogen-bond donors (Lipinski definition) is 1. The predicted octanol–water partition coefficient (Wildman–Crippen LogP) is 3.67. The van der Waals surface area contributed by atoms with E-state index in [0.29, 0.717) is 18.2 Å². The molecule has 178 valence electrons. The van der Waals surface area contributed by atoms with Crippen LogP contribution in [-0.4, -0.2) is 79.9 Å². The van der Waals surface area contributed by atoms with E-state index in [2.05, 4.69) is 52.4 Å². The first-order valence-corrected chi connectivity index (χ1v) is 12.9. The zero-order chi connectivity index (χ0) is 22.0. The van der Waals surface area contributed by atoms with E-state index in [4.69, 9.17) is 14.5 Å². The Morgan fingerprint density at radius 3 is 2.66 bits per heavy atom. The normalized spacial score (nSPS) is 25.9. The molecule has 32 heavy (non-hydrogen) atoms. The molecular weight excluding hydrogens is 400 g/mol. The lowest BCUT2D eigenvalue weighted by Gasteiger charge is -2.35. The summed E-state index contributed by atoms with van der Waals surface area (Å²) in [6.45, 7) is 9.85. The van der Waals surface area contributed by atoms with Crippen molar-refractivity contribution in [1.29, 1.82) is 0 Å². The van der Waals surface area contributed by atoms with Crippen molar-refractivity contribution in [3.63, 3.8) is 0 Å². The fourth-order valence-corrected chi connectivity index (χ4v) is 5.16. The smallest absolute Gasteiger partial charge is 0.193 e. The Kier molecular flexibility index (Phi) is 9.24. The van der Waals surface area contributed by atoms with Crippen molar-refractivity contribution in [3.05, 3.63) is 35.9 Å². The molecule has 0 aliphatic carbocycles. The van der Waals surface area contributed by atoms with Gasteiger partial charge in [0.15, 0.2) is 5.96 Å². The Morgan fingerprint density at radius 1 is 1.06 bits per heavy atom. The summed E-state index contributed by atoms with van der Waals surface area (Å²) >= 11 is 0. The van der Waals surface area contributed by atoms with Crippen LogP contribution in [0.15, 0.2) is 35.3 Å². The first-order chi connectivity index (χ1) is 15.8. The van der Waals surface area contributed by atoms with E-state index >= 15 is 0 Å². The number of likely N-dealkylation sites (tertiary alicyclic amines) is 2. The molecule has 3 saturated heterocycles. The minimum Gasteiger partial charge on any atom is -0.376 e. The third-order valence-corrected chi connectivity index (χ3v) is 7.05. The van der Waals surface area contributed by atoms with Gasteiger partial charge in [-0.1, -0.05) is 30.3 Å². The monoisotopic (exact) mass is 442 g/mol. The molecule has 0 aromatic heterocycles. The highest BCUT2D eigenvalue weighted by atomic mass is 16.5. The zero-order valence-electron chi connectivity index (χ0n) is 19.9. The number of nitrogens with zero attached hydrogens (tertiary/aromatic N) is 3. The molecule has 3 aliphatic rings. The topological polar surface area (TPSA) is 49.3 Å². The van der Waals surface area contributed by atoms with Crippen LogP contribution in [0.3, 0.4) is 0 Å². The molecule has 1 N–H and O–H groups in total. The fraction of sp³-hybridized carbons (Fsp3) is 0.731. The molecule has 0 bridgehead atoms. The second-order valence-corrected chi connectivity index (χ2v) is 9.46. The molecule has 3 fully saturated rings. The lowest BCUT2D eigenvalue weighted by molar-refractivity contribution is -0.0721. The third kappa shape index (κ3) is 6.93. The van der Waals surface area contributed by atoms with E-state index in [1.165, 1.54) is 37.8 Å². The van der Waals surface area contributed by atoms with Gasteiger partial charge in [0, 0.05) is 38.8 Å². The number of benzene rings is 1. The first kappa shape index (κ1) is 23.5. The maximum atomic E-state index is 6.20. The summed E-state index contributed by atoms with van der Waals surface area (Å²) in [5.74, 6) is 1.08. The van der Waals surface area contributed by atoms with Gasteiger partial charge in [0.05, 0.1) is 25.4 Å². The van der Waals surface area contributed by atoms with Crippen molar-refractivity contribution < 1.29 is 9.47 Å². The molecule has 6 nitrogen and oxygen atoms in total. The van der Waals surface area contributed by atoms with E-state index in [0.717, 1.165) is 71.2 Å². The average Bonchev–Trinajstić information content (AvgIpc) is 3.29. The van der Waals surface area contributed by atoms with Gasteiger partial charge in [0.2, 0.25) is 0 Å². The van der Waals surface area contributed by atoms with Crippen LogP contribution in [0.4, 0.5) is 0 Å². The number of guanidine groups is 1. The molecule has 4 rings (SSSR count). The third-order valence-electron chi connectivity index (χ3n) is 7.05. The summed E-state index contributed by atoms with van der Waals surface area (Å²) in [5.41, 5.74) is 1.40. The molecule has 0 radical (unpaired) electrons. The molecule has 1 aromatic carbocycles.